The fraction of sp³-hybridized carbons (Fsp3) is 0.308. The summed E-state index contributed by atoms with van der Waals surface area (Å²) in [5, 5.41) is 8.98. The number of rotatable bonds is 3. The molecule has 0 saturated carbocycles. The summed E-state index contributed by atoms with van der Waals surface area (Å²) in [7, 11) is 3.83. The van der Waals surface area contributed by atoms with Crippen LogP contribution in [0.5, 0.6) is 0 Å². The molecular formula is C13H17BrN4S. The Hall–Kier alpha value is -1.14. The Labute approximate surface area is 126 Å². The standard InChI is InChI=1S/C13H17BrN4S/c1-10(11-5-7-12(14)8-6-11)16-17-13(19-4)15-9-18(2)3/h5-9H,1-4H3/b15-9+,16-10-,17-13-. The van der Waals surface area contributed by atoms with Crippen molar-refractivity contribution in [1.82, 2.24) is 4.90 Å². The molecule has 0 bridgehead atoms. The molecular weight excluding hydrogens is 324 g/mol. The predicted octanol–water partition coefficient (Wildman–Crippen LogP) is 3.48. The van der Waals surface area contributed by atoms with Gasteiger partial charge in [-0.05, 0) is 30.9 Å². The maximum absolute atomic E-state index is 4.22. The Morgan fingerprint density at radius 2 is 1.84 bits per heavy atom. The van der Waals surface area contributed by atoms with Crippen molar-refractivity contribution in [3.63, 3.8) is 0 Å². The van der Waals surface area contributed by atoms with Gasteiger partial charge in [-0.1, -0.05) is 39.8 Å². The van der Waals surface area contributed by atoms with E-state index in [1.54, 1.807) is 6.34 Å². The fourth-order valence-electron chi connectivity index (χ4n) is 1.15. The van der Waals surface area contributed by atoms with Gasteiger partial charge in [0.05, 0.1) is 12.1 Å². The van der Waals surface area contributed by atoms with Crippen molar-refractivity contribution in [3.05, 3.63) is 34.3 Å². The lowest BCUT2D eigenvalue weighted by atomic mass is 10.1. The quantitative estimate of drug-likeness (QED) is 0.480. The molecule has 0 radical (unpaired) electrons. The van der Waals surface area contributed by atoms with Crippen molar-refractivity contribution in [2.24, 2.45) is 15.2 Å². The van der Waals surface area contributed by atoms with Crippen LogP contribution in [-0.2, 0) is 0 Å². The molecule has 4 nitrogen and oxygen atoms in total. The van der Waals surface area contributed by atoms with Crippen LogP contribution in [0.3, 0.4) is 0 Å². The third-order valence-corrected chi connectivity index (χ3v) is 3.21. The molecule has 0 N–H and O–H groups in total. The lowest BCUT2D eigenvalue weighted by molar-refractivity contribution is 0.644. The predicted molar refractivity (Wildman–Crippen MR) is 89.5 cm³/mol. The van der Waals surface area contributed by atoms with Crippen molar-refractivity contribution in [2.75, 3.05) is 20.4 Å². The van der Waals surface area contributed by atoms with E-state index >= 15 is 0 Å². The van der Waals surface area contributed by atoms with Crippen LogP contribution in [0.25, 0.3) is 0 Å². The van der Waals surface area contributed by atoms with Gasteiger partial charge >= 0.3 is 0 Å². The normalized spacial score (nSPS) is 13.1. The second-order valence-corrected chi connectivity index (χ2v) is 5.68. The van der Waals surface area contributed by atoms with E-state index in [-0.39, 0.29) is 0 Å². The van der Waals surface area contributed by atoms with Gasteiger partial charge in [-0.3, -0.25) is 0 Å². The van der Waals surface area contributed by atoms with Gasteiger partial charge < -0.3 is 4.90 Å². The molecule has 0 spiro atoms. The molecule has 1 rings (SSSR count). The molecule has 0 unspecified atom stereocenters. The second-order valence-electron chi connectivity index (χ2n) is 3.99. The van der Waals surface area contributed by atoms with E-state index in [1.807, 2.05) is 56.4 Å². The number of hydrogen-bond acceptors (Lipinski definition) is 3. The van der Waals surface area contributed by atoms with E-state index in [9.17, 15) is 0 Å². The monoisotopic (exact) mass is 340 g/mol. The molecule has 1 aromatic carbocycles. The van der Waals surface area contributed by atoms with Crippen LogP contribution in [0.1, 0.15) is 12.5 Å². The fourth-order valence-corrected chi connectivity index (χ4v) is 1.69. The molecule has 102 valence electrons. The first-order valence-electron chi connectivity index (χ1n) is 5.65. The van der Waals surface area contributed by atoms with E-state index in [2.05, 4.69) is 31.1 Å². The van der Waals surface area contributed by atoms with E-state index < -0.39 is 0 Å². The van der Waals surface area contributed by atoms with E-state index in [1.165, 1.54) is 11.8 Å². The molecule has 19 heavy (non-hydrogen) atoms. The summed E-state index contributed by atoms with van der Waals surface area (Å²) in [6.45, 7) is 1.93. The zero-order valence-corrected chi connectivity index (χ0v) is 13.9. The lowest BCUT2D eigenvalue weighted by Gasteiger charge is -2.02. The van der Waals surface area contributed by atoms with Gasteiger partial charge in [-0.2, -0.15) is 5.10 Å². The number of amidine groups is 1. The average molecular weight is 341 g/mol. The van der Waals surface area contributed by atoms with Crippen LogP contribution in [0.2, 0.25) is 0 Å². The molecule has 0 aliphatic carbocycles. The van der Waals surface area contributed by atoms with Crippen molar-refractivity contribution in [3.8, 4) is 0 Å². The van der Waals surface area contributed by atoms with E-state index in [0.717, 1.165) is 15.7 Å². The molecule has 0 aliphatic rings. The summed E-state index contributed by atoms with van der Waals surface area (Å²) in [4.78, 5) is 6.08. The van der Waals surface area contributed by atoms with Crippen LogP contribution < -0.4 is 0 Å². The molecule has 0 saturated heterocycles. The van der Waals surface area contributed by atoms with Crippen molar-refractivity contribution < 1.29 is 0 Å². The Balaban J connectivity index is 2.85. The first kappa shape index (κ1) is 15.9. The van der Waals surface area contributed by atoms with Crippen molar-refractivity contribution in [1.29, 1.82) is 0 Å². The van der Waals surface area contributed by atoms with E-state index in [0.29, 0.717) is 5.17 Å². The third-order valence-electron chi connectivity index (χ3n) is 2.13. The summed E-state index contributed by atoms with van der Waals surface area (Å²) >= 11 is 4.87. The van der Waals surface area contributed by atoms with Gasteiger partial charge in [0.25, 0.3) is 0 Å². The van der Waals surface area contributed by atoms with Crippen molar-refractivity contribution >= 4 is 44.9 Å². The Morgan fingerprint density at radius 3 is 2.37 bits per heavy atom. The highest BCUT2D eigenvalue weighted by Crippen LogP contribution is 2.11. The van der Waals surface area contributed by atoms with Crippen LogP contribution in [0.4, 0.5) is 0 Å². The number of halogens is 1. The third kappa shape index (κ3) is 6.02. The largest absolute Gasteiger partial charge is 0.369 e. The smallest absolute Gasteiger partial charge is 0.210 e. The Morgan fingerprint density at radius 1 is 1.21 bits per heavy atom. The minimum absolute atomic E-state index is 0.630. The number of benzene rings is 1. The molecule has 0 amide bonds. The number of aliphatic imine (C=N–C) groups is 1. The van der Waals surface area contributed by atoms with Crippen molar-refractivity contribution in [2.45, 2.75) is 6.92 Å². The number of thioether (sulfide) groups is 1. The summed E-state index contributed by atoms with van der Waals surface area (Å²) in [5.74, 6) is 0. The number of nitrogens with zero attached hydrogens (tertiary/aromatic N) is 4. The van der Waals surface area contributed by atoms with Gasteiger partial charge in [0.15, 0.2) is 0 Å². The van der Waals surface area contributed by atoms with Crippen LogP contribution in [0, 0.1) is 0 Å². The molecule has 0 fully saturated rings. The molecule has 0 aromatic heterocycles. The Bertz CT molecular complexity index is 492. The highest BCUT2D eigenvalue weighted by molar-refractivity contribution is 9.10. The summed E-state index contributed by atoms with van der Waals surface area (Å²) in [5.41, 5.74) is 1.91. The summed E-state index contributed by atoms with van der Waals surface area (Å²) in [6.07, 6.45) is 3.64. The first-order valence-corrected chi connectivity index (χ1v) is 7.67. The first-order chi connectivity index (χ1) is 9.02. The van der Waals surface area contributed by atoms with Crippen LogP contribution in [0.15, 0.2) is 43.9 Å². The van der Waals surface area contributed by atoms with Gasteiger partial charge in [-0.25, -0.2) is 4.99 Å². The number of hydrogen-bond donors (Lipinski definition) is 0. The lowest BCUT2D eigenvalue weighted by Crippen LogP contribution is -2.08. The molecule has 1 aromatic rings. The summed E-state index contributed by atoms with van der Waals surface area (Å²) < 4.78 is 1.05. The maximum atomic E-state index is 4.22. The van der Waals surface area contributed by atoms with Gasteiger partial charge in [0.1, 0.15) is 0 Å². The molecule has 0 heterocycles. The topological polar surface area (TPSA) is 40.3 Å². The van der Waals surface area contributed by atoms with Gasteiger partial charge in [0, 0.05) is 18.6 Å². The highest BCUT2D eigenvalue weighted by atomic mass is 79.9. The average Bonchev–Trinajstić information content (AvgIpc) is 2.39. The van der Waals surface area contributed by atoms with Crippen LogP contribution in [-0.4, -0.2) is 42.5 Å². The molecule has 0 aliphatic heterocycles. The minimum Gasteiger partial charge on any atom is -0.369 e. The summed E-state index contributed by atoms with van der Waals surface area (Å²) in [6, 6.07) is 7.97. The van der Waals surface area contributed by atoms with E-state index in [4.69, 9.17) is 0 Å². The van der Waals surface area contributed by atoms with Gasteiger partial charge in [-0.15, -0.1) is 5.10 Å². The zero-order chi connectivity index (χ0) is 14.3. The van der Waals surface area contributed by atoms with Crippen LogP contribution >= 0.6 is 27.7 Å². The zero-order valence-electron chi connectivity index (χ0n) is 11.5. The molecule has 6 heteroatoms. The SMILES string of the molecule is CSC(=N\N=C(\C)c1ccc(Br)cc1)/N=C/N(C)C. The maximum Gasteiger partial charge on any atom is 0.210 e. The Kier molecular flexibility index (Phi) is 6.80. The van der Waals surface area contributed by atoms with Gasteiger partial charge in [0.2, 0.25) is 5.17 Å². The minimum atomic E-state index is 0.630. The molecule has 0 atom stereocenters. The highest BCUT2D eigenvalue weighted by Gasteiger charge is 1.97. The second kappa shape index (κ2) is 8.12.